The highest BCUT2D eigenvalue weighted by Crippen LogP contribution is 2.27. The minimum absolute atomic E-state index is 0.206. The van der Waals surface area contributed by atoms with Gasteiger partial charge in [0.15, 0.2) is 0 Å². The molecule has 1 N–H and O–H groups in total. The Kier molecular flexibility index (Phi) is 5.03. The summed E-state index contributed by atoms with van der Waals surface area (Å²) < 4.78 is 0. The summed E-state index contributed by atoms with van der Waals surface area (Å²) in [7, 11) is 0. The van der Waals surface area contributed by atoms with Gasteiger partial charge in [0.1, 0.15) is 0 Å². The maximum absolute atomic E-state index is 8.99. The Morgan fingerprint density at radius 3 is 2.79 bits per heavy atom. The smallest absolute Gasteiger partial charge is 0.0992 e. The molecule has 0 atom stereocenters. The highest BCUT2D eigenvalue weighted by molar-refractivity contribution is 6.33. The maximum Gasteiger partial charge on any atom is 0.0992 e. The first kappa shape index (κ1) is 14.1. The molecule has 1 fully saturated rings. The Morgan fingerprint density at radius 2 is 2.11 bits per heavy atom. The summed E-state index contributed by atoms with van der Waals surface area (Å²) in [5.41, 5.74) is 1.58. The third-order valence-corrected chi connectivity index (χ3v) is 3.72. The van der Waals surface area contributed by atoms with Gasteiger partial charge in [-0.05, 0) is 31.2 Å². The summed E-state index contributed by atoms with van der Waals surface area (Å²) >= 11 is 6.25. The van der Waals surface area contributed by atoms with Crippen LogP contribution in [-0.4, -0.2) is 49.3 Å². The fraction of sp³-hybridized carbons (Fsp3) is 0.500. The molecule has 5 heteroatoms. The monoisotopic (exact) mass is 279 g/mol. The van der Waals surface area contributed by atoms with Crippen LogP contribution in [0.5, 0.6) is 0 Å². The van der Waals surface area contributed by atoms with Crippen molar-refractivity contribution in [3.05, 3.63) is 28.8 Å². The minimum Gasteiger partial charge on any atom is -0.395 e. The molecule has 102 valence electrons. The molecule has 0 radical (unpaired) electrons. The Balaban J connectivity index is 2.08. The third-order valence-electron chi connectivity index (χ3n) is 3.42. The van der Waals surface area contributed by atoms with Crippen LogP contribution in [0.15, 0.2) is 18.2 Å². The molecule has 0 amide bonds. The highest BCUT2D eigenvalue weighted by Gasteiger charge is 2.16. The van der Waals surface area contributed by atoms with E-state index >= 15 is 0 Å². The van der Waals surface area contributed by atoms with Crippen molar-refractivity contribution in [2.24, 2.45) is 0 Å². The predicted molar refractivity (Wildman–Crippen MR) is 76.5 cm³/mol. The van der Waals surface area contributed by atoms with E-state index in [1.165, 1.54) is 0 Å². The summed E-state index contributed by atoms with van der Waals surface area (Å²) in [4.78, 5) is 4.51. The van der Waals surface area contributed by atoms with E-state index in [-0.39, 0.29) is 6.61 Å². The van der Waals surface area contributed by atoms with Gasteiger partial charge in [-0.3, -0.25) is 4.90 Å². The van der Waals surface area contributed by atoms with Crippen LogP contribution in [0.25, 0.3) is 0 Å². The van der Waals surface area contributed by atoms with Gasteiger partial charge in [-0.1, -0.05) is 11.6 Å². The van der Waals surface area contributed by atoms with Gasteiger partial charge in [0.25, 0.3) is 0 Å². The van der Waals surface area contributed by atoms with Gasteiger partial charge in [-0.15, -0.1) is 0 Å². The van der Waals surface area contributed by atoms with Crippen molar-refractivity contribution in [1.82, 2.24) is 4.90 Å². The largest absolute Gasteiger partial charge is 0.395 e. The molecule has 0 bridgehead atoms. The number of anilines is 1. The van der Waals surface area contributed by atoms with Crippen molar-refractivity contribution >= 4 is 17.3 Å². The number of benzene rings is 1. The average Bonchev–Trinajstić information content (AvgIpc) is 2.65. The Bertz CT molecular complexity index is 472. The third kappa shape index (κ3) is 3.60. The van der Waals surface area contributed by atoms with Crippen LogP contribution in [0.2, 0.25) is 5.02 Å². The molecule has 0 aliphatic carbocycles. The molecular formula is C14H18ClN3O. The molecule has 0 aromatic heterocycles. The molecular weight excluding hydrogens is 262 g/mol. The molecule has 19 heavy (non-hydrogen) atoms. The maximum atomic E-state index is 8.99. The molecule has 0 saturated carbocycles. The lowest BCUT2D eigenvalue weighted by atomic mass is 10.2. The molecule has 4 nitrogen and oxygen atoms in total. The van der Waals surface area contributed by atoms with E-state index in [9.17, 15) is 0 Å². The van der Waals surface area contributed by atoms with E-state index in [1.807, 2.05) is 6.07 Å². The lowest BCUT2D eigenvalue weighted by Crippen LogP contribution is -2.32. The zero-order valence-corrected chi connectivity index (χ0v) is 11.6. The van der Waals surface area contributed by atoms with Gasteiger partial charge < -0.3 is 10.0 Å². The van der Waals surface area contributed by atoms with Crippen LogP contribution in [0.1, 0.15) is 12.0 Å². The number of aliphatic hydroxyl groups is 1. The minimum atomic E-state index is 0.206. The van der Waals surface area contributed by atoms with Crippen LogP contribution < -0.4 is 4.90 Å². The summed E-state index contributed by atoms with van der Waals surface area (Å²) in [6.45, 7) is 4.72. The molecule has 1 heterocycles. The highest BCUT2D eigenvalue weighted by atomic mass is 35.5. The summed E-state index contributed by atoms with van der Waals surface area (Å²) in [6, 6.07) is 7.53. The van der Waals surface area contributed by atoms with Crippen molar-refractivity contribution in [3.63, 3.8) is 0 Å². The van der Waals surface area contributed by atoms with Crippen LogP contribution in [0.3, 0.4) is 0 Å². The van der Waals surface area contributed by atoms with Gasteiger partial charge in [-0.25, -0.2) is 0 Å². The first-order valence-corrected chi connectivity index (χ1v) is 6.90. The Labute approximate surface area is 118 Å². The molecule has 2 rings (SSSR count). The van der Waals surface area contributed by atoms with E-state index in [0.717, 1.165) is 44.8 Å². The number of nitrogens with zero attached hydrogens (tertiary/aromatic N) is 3. The number of nitriles is 1. The summed E-state index contributed by atoms with van der Waals surface area (Å²) in [5.74, 6) is 0. The van der Waals surface area contributed by atoms with Crippen molar-refractivity contribution in [3.8, 4) is 6.07 Å². The van der Waals surface area contributed by atoms with Crippen LogP contribution in [0, 0.1) is 11.3 Å². The number of rotatable bonds is 3. The van der Waals surface area contributed by atoms with Crippen molar-refractivity contribution in [2.75, 3.05) is 44.2 Å². The SMILES string of the molecule is N#Cc1ccc(N2CCCN(CCO)CC2)c(Cl)c1. The molecule has 0 spiro atoms. The second-order valence-corrected chi connectivity index (χ2v) is 5.09. The molecule has 1 aliphatic heterocycles. The predicted octanol–water partition coefficient (Wildman–Crippen LogP) is 1.72. The zero-order valence-electron chi connectivity index (χ0n) is 10.8. The first-order valence-electron chi connectivity index (χ1n) is 6.52. The first-order chi connectivity index (χ1) is 9.24. The van der Waals surface area contributed by atoms with E-state index in [2.05, 4.69) is 15.9 Å². The number of β-amino-alcohol motifs (C(OH)–C–C–N with tert-alkyl or cyclic N) is 1. The second-order valence-electron chi connectivity index (χ2n) is 4.68. The zero-order chi connectivity index (χ0) is 13.7. The molecule has 0 unspecified atom stereocenters. The molecule has 1 aromatic rings. The summed E-state index contributed by atoms with van der Waals surface area (Å²) in [6.07, 6.45) is 1.05. The van der Waals surface area contributed by atoms with Crippen molar-refractivity contribution < 1.29 is 5.11 Å². The lowest BCUT2D eigenvalue weighted by Gasteiger charge is -2.24. The number of hydrogen-bond donors (Lipinski definition) is 1. The van der Waals surface area contributed by atoms with E-state index in [4.69, 9.17) is 22.0 Å². The second kappa shape index (κ2) is 6.76. The van der Waals surface area contributed by atoms with Crippen LogP contribution >= 0.6 is 11.6 Å². The number of halogens is 1. The van der Waals surface area contributed by atoms with Crippen molar-refractivity contribution in [1.29, 1.82) is 5.26 Å². The normalized spacial score (nSPS) is 17.0. The standard InChI is InChI=1S/C14H18ClN3O/c15-13-10-12(11-16)2-3-14(13)18-5-1-4-17(6-7-18)8-9-19/h2-3,10,19H,1,4-9H2. The average molecular weight is 280 g/mol. The summed E-state index contributed by atoms with van der Waals surface area (Å²) in [5, 5.41) is 18.5. The Hall–Kier alpha value is -1.28. The lowest BCUT2D eigenvalue weighted by molar-refractivity contribution is 0.204. The van der Waals surface area contributed by atoms with E-state index in [0.29, 0.717) is 10.6 Å². The fourth-order valence-corrected chi connectivity index (χ4v) is 2.71. The fourth-order valence-electron chi connectivity index (χ4n) is 2.41. The molecule has 1 aliphatic rings. The number of hydrogen-bond acceptors (Lipinski definition) is 4. The van der Waals surface area contributed by atoms with Gasteiger partial charge in [0.05, 0.1) is 28.9 Å². The number of aliphatic hydroxyl groups excluding tert-OH is 1. The molecule has 1 saturated heterocycles. The van der Waals surface area contributed by atoms with Crippen LogP contribution in [0.4, 0.5) is 5.69 Å². The van der Waals surface area contributed by atoms with E-state index in [1.54, 1.807) is 12.1 Å². The van der Waals surface area contributed by atoms with Gasteiger partial charge in [0.2, 0.25) is 0 Å². The van der Waals surface area contributed by atoms with Gasteiger partial charge >= 0.3 is 0 Å². The quantitative estimate of drug-likeness (QED) is 0.915. The van der Waals surface area contributed by atoms with Crippen LogP contribution in [-0.2, 0) is 0 Å². The van der Waals surface area contributed by atoms with Gasteiger partial charge in [-0.2, -0.15) is 5.26 Å². The van der Waals surface area contributed by atoms with Crippen molar-refractivity contribution in [2.45, 2.75) is 6.42 Å². The topological polar surface area (TPSA) is 50.5 Å². The molecule has 1 aromatic carbocycles. The van der Waals surface area contributed by atoms with E-state index < -0.39 is 0 Å². The van der Waals surface area contributed by atoms with Gasteiger partial charge in [0, 0.05) is 26.2 Å². The Morgan fingerprint density at radius 1 is 1.26 bits per heavy atom.